The van der Waals surface area contributed by atoms with Crippen molar-refractivity contribution in [2.24, 2.45) is 11.3 Å². The molecule has 1 saturated heterocycles. The number of halogens is 1. The fraction of sp³-hybridized carbons (Fsp3) is 0.556. The van der Waals surface area contributed by atoms with Crippen LogP contribution in [0, 0.1) is 23.2 Å². The third-order valence-electron chi connectivity index (χ3n) is 4.51. The van der Waals surface area contributed by atoms with Crippen molar-refractivity contribution in [1.29, 1.82) is 0 Å². The highest BCUT2D eigenvalue weighted by atomic mass is 32.3. The molecule has 0 radical (unpaired) electrons. The number of benzene rings is 1. The van der Waals surface area contributed by atoms with Gasteiger partial charge in [-0.2, -0.15) is 0 Å². The van der Waals surface area contributed by atoms with Gasteiger partial charge in [0.1, 0.15) is 4.08 Å². The normalized spacial score (nSPS) is 27.1. The molecule has 0 amide bonds. The van der Waals surface area contributed by atoms with Gasteiger partial charge in [0.15, 0.2) is 16.5 Å². The molecule has 23 heavy (non-hydrogen) atoms. The van der Waals surface area contributed by atoms with Gasteiger partial charge in [0.25, 0.3) is 0 Å². The molecule has 126 valence electrons. The van der Waals surface area contributed by atoms with E-state index in [-0.39, 0.29) is 17.1 Å². The van der Waals surface area contributed by atoms with Crippen LogP contribution in [0.3, 0.4) is 0 Å². The lowest BCUT2D eigenvalue weighted by Crippen LogP contribution is -2.43. The van der Waals surface area contributed by atoms with E-state index in [0.717, 1.165) is 11.3 Å². The Bertz CT molecular complexity index is 721. The standard InChI is InChI=1S/C18H23FO2S2/c1-17(2,3)16-12-22-18(4,23(20,21)13-16)15-9-7-14(8-10-15)6-5-11-19/h7-10,16H,11-13H2,1-4H3/i19-1. The second-order valence-electron chi connectivity index (χ2n) is 7.11. The Kier molecular flexibility index (Phi) is 5.18. The fourth-order valence-electron chi connectivity index (χ4n) is 2.58. The maximum atomic E-state index is 12.9. The van der Waals surface area contributed by atoms with Gasteiger partial charge in [-0.3, -0.25) is 0 Å². The minimum atomic E-state index is -3.27. The van der Waals surface area contributed by atoms with Gasteiger partial charge in [-0.25, -0.2) is 12.8 Å². The Morgan fingerprint density at radius 3 is 2.39 bits per heavy atom. The second kappa shape index (κ2) is 6.49. The molecule has 1 heterocycles. The summed E-state index contributed by atoms with van der Waals surface area (Å²) in [5.74, 6) is 6.26. The van der Waals surface area contributed by atoms with Gasteiger partial charge >= 0.3 is 0 Å². The second-order valence-corrected chi connectivity index (χ2v) is 11.2. The monoisotopic (exact) mass is 353 g/mol. The van der Waals surface area contributed by atoms with Crippen molar-refractivity contribution in [3.05, 3.63) is 35.4 Å². The van der Waals surface area contributed by atoms with Crippen molar-refractivity contribution in [1.82, 2.24) is 0 Å². The quantitative estimate of drug-likeness (QED) is 0.716. The zero-order valence-electron chi connectivity index (χ0n) is 14.0. The van der Waals surface area contributed by atoms with Crippen LogP contribution in [0.25, 0.3) is 0 Å². The van der Waals surface area contributed by atoms with E-state index in [2.05, 4.69) is 32.6 Å². The van der Waals surface area contributed by atoms with E-state index in [1.807, 2.05) is 0 Å². The van der Waals surface area contributed by atoms with E-state index in [1.165, 1.54) is 11.8 Å². The predicted molar refractivity (Wildman–Crippen MR) is 95.8 cm³/mol. The number of hydrogen-bond acceptors (Lipinski definition) is 3. The highest BCUT2D eigenvalue weighted by Gasteiger charge is 2.48. The van der Waals surface area contributed by atoms with Crippen molar-refractivity contribution in [3.63, 3.8) is 0 Å². The van der Waals surface area contributed by atoms with Gasteiger partial charge in [0.2, 0.25) is 0 Å². The Morgan fingerprint density at radius 1 is 1.30 bits per heavy atom. The van der Waals surface area contributed by atoms with Crippen LogP contribution >= 0.6 is 11.8 Å². The Hall–Kier alpha value is -0.990. The summed E-state index contributed by atoms with van der Waals surface area (Å²) < 4.78 is 37.0. The topological polar surface area (TPSA) is 34.1 Å². The molecule has 2 nitrogen and oxygen atoms in total. The van der Waals surface area contributed by atoms with Crippen molar-refractivity contribution in [3.8, 4) is 11.8 Å². The van der Waals surface area contributed by atoms with E-state index in [9.17, 15) is 12.8 Å². The molecule has 2 atom stereocenters. The summed E-state index contributed by atoms with van der Waals surface area (Å²) in [6.45, 7) is 7.38. The number of alkyl halides is 1. The first-order valence-corrected chi connectivity index (χ1v) is 10.3. The molecule has 2 unspecified atom stereocenters. The van der Waals surface area contributed by atoms with Crippen LogP contribution in [0.1, 0.15) is 38.8 Å². The van der Waals surface area contributed by atoms with E-state index in [1.54, 1.807) is 31.2 Å². The van der Waals surface area contributed by atoms with E-state index >= 15 is 0 Å². The summed E-state index contributed by atoms with van der Waals surface area (Å²) >= 11 is 1.50. The summed E-state index contributed by atoms with van der Waals surface area (Å²) in [4.78, 5) is 0. The molecule has 5 heteroatoms. The molecule has 0 aromatic heterocycles. The largest absolute Gasteiger partial charge is 0.237 e. The molecule has 2 rings (SSSR count). The number of sulfone groups is 1. The average Bonchev–Trinajstić information content (AvgIpc) is 2.47. The number of hydrogen-bond donors (Lipinski definition) is 0. The van der Waals surface area contributed by atoms with Gasteiger partial charge in [0, 0.05) is 5.56 Å². The minimum Gasteiger partial charge on any atom is -0.237 e. The molecule has 0 bridgehead atoms. The van der Waals surface area contributed by atoms with Crippen molar-refractivity contribution >= 4 is 21.6 Å². The maximum Gasteiger partial charge on any atom is 0.169 e. The van der Waals surface area contributed by atoms with Gasteiger partial charge < -0.3 is 0 Å². The first kappa shape index (κ1) is 18.4. The van der Waals surface area contributed by atoms with Crippen molar-refractivity contribution in [2.75, 3.05) is 18.2 Å². The highest BCUT2D eigenvalue weighted by molar-refractivity contribution is 8.14. The Labute approximate surface area is 143 Å². The summed E-state index contributed by atoms with van der Waals surface area (Å²) in [6.07, 6.45) is 0. The van der Waals surface area contributed by atoms with Crippen LogP contribution < -0.4 is 0 Å². The Morgan fingerprint density at radius 2 is 1.91 bits per heavy atom. The molecule has 0 aliphatic carbocycles. The van der Waals surface area contributed by atoms with Gasteiger partial charge in [-0.15, -0.1) is 11.8 Å². The first-order valence-electron chi connectivity index (χ1n) is 7.62. The van der Waals surface area contributed by atoms with E-state index in [0.29, 0.717) is 5.56 Å². The summed E-state index contributed by atoms with van der Waals surface area (Å²) in [7, 11) is -3.27. The van der Waals surface area contributed by atoms with E-state index < -0.39 is 20.6 Å². The van der Waals surface area contributed by atoms with Crippen LogP contribution in [-0.2, 0) is 13.9 Å². The summed E-state index contributed by atoms with van der Waals surface area (Å²) in [6, 6.07) is 7.11. The van der Waals surface area contributed by atoms with Gasteiger partial charge in [-0.1, -0.05) is 44.7 Å². The lowest BCUT2D eigenvalue weighted by Gasteiger charge is -2.41. The minimum absolute atomic E-state index is 0.0206. The maximum absolute atomic E-state index is 12.9. The first-order chi connectivity index (χ1) is 10.6. The lowest BCUT2D eigenvalue weighted by molar-refractivity contribution is 0.287. The smallest absolute Gasteiger partial charge is 0.169 e. The number of rotatable bonds is 1. The van der Waals surface area contributed by atoms with Crippen molar-refractivity contribution < 1.29 is 12.8 Å². The molecule has 0 spiro atoms. The van der Waals surface area contributed by atoms with Crippen LogP contribution in [-0.4, -0.2) is 26.6 Å². The lowest BCUT2D eigenvalue weighted by atomic mass is 9.83. The molecule has 1 aliphatic rings. The van der Waals surface area contributed by atoms with Gasteiger partial charge in [0.05, 0.1) is 5.75 Å². The molecule has 1 aliphatic heterocycles. The molecule has 0 N–H and O–H groups in total. The molecular weight excluding hydrogens is 330 g/mol. The molecule has 1 aromatic rings. The van der Waals surface area contributed by atoms with E-state index in [4.69, 9.17) is 0 Å². The van der Waals surface area contributed by atoms with Crippen LogP contribution in [0.15, 0.2) is 24.3 Å². The molecule has 1 fully saturated rings. The van der Waals surface area contributed by atoms with Crippen LogP contribution in [0.4, 0.5) is 4.39 Å². The molecule has 1 aromatic carbocycles. The van der Waals surface area contributed by atoms with Crippen molar-refractivity contribution in [2.45, 2.75) is 31.8 Å². The van der Waals surface area contributed by atoms with Gasteiger partial charge in [-0.05, 0) is 41.7 Å². The summed E-state index contributed by atoms with van der Waals surface area (Å²) in [5, 5.41) is 0. The number of thioether (sulfide) groups is 1. The zero-order chi connectivity index (χ0) is 17.3. The molecular formula is C18H23FO2S2. The fourth-order valence-corrected chi connectivity index (χ4v) is 7.25. The third kappa shape index (κ3) is 3.75. The Balaban J connectivity index is 2.32. The SMILES string of the molecule is CC(C)(C)C1CSC(C)(c2ccc(C#CC[18F])cc2)S(=O)(=O)C1. The van der Waals surface area contributed by atoms with Crippen LogP contribution in [0.2, 0.25) is 0 Å². The summed E-state index contributed by atoms with van der Waals surface area (Å²) in [5.41, 5.74) is 1.44. The molecule has 0 saturated carbocycles. The predicted octanol–water partition coefficient (Wildman–Crippen LogP) is 4.00. The average molecular weight is 354 g/mol. The zero-order valence-corrected chi connectivity index (χ0v) is 15.7. The van der Waals surface area contributed by atoms with Crippen LogP contribution in [0.5, 0.6) is 0 Å². The third-order valence-corrected chi connectivity index (χ3v) is 9.24. The highest BCUT2D eigenvalue weighted by Crippen LogP contribution is 2.49.